The Bertz CT molecular complexity index is 1660. The summed E-state index contributed by atoms with van der Waals surface area (Å²) < 4.78 is 122. The van der Waals surface area contributed by atoms with Gasteiger partial charge in [0.15, 0.2) is 30.7 Å². The number of ether oxygens (including phenoxy) is 9. The van der Waals surface area contributed by atoms with Gasteiger partial charge in [-0.05, 0) is 6.92 Å². The summed E-state index contributed by atoms with van der Waals surface area (Å²) >= 11 is -3.29. The van der Waals surface area contributed by atoms with Crippen LogP contribution >= 0.6 is 35.7 Å². The molecule has 2 aliphatic heterocycles. The molecule has 380 valence electrons. The molecule has 0 bridgehead atoms. The van der Waals surface area contributed by atoms with E-state index in [9.17, 15) is 64.7 Å². The SMILES string of the molecule is C=CCO.C=CCO[C@H]1O[C@H](COC(C)=O)[C@@H](OC(C)=O)[C@H](OC(C)=O)[C@H]1NC(=O)C(F)(F)F.CC(=O)OC[C@H]1OC(C)[C@H](NC(=O)C(F)(F)F)[C@@H](OC(C)=O)[C@@H]1OC(C)=O.[Cl][Sn]([Cl])([Cl])[Cl]. The molecule has 1 unspecified atom stereocenters. The van der Waals surface area contributed by atoms with E-state index < -0.39 is 148 Å². The van der Waals surface area contributed by atoms with E-state index in [1.165, 1.54) is 19.1 Å². The number of aliphatic hydroxyl groups excluding tert-OH is 1. The molecule has 0 aromatic heterocycles. The maximum atomic E-state index is 12.8. The Hall–Kier alpha value is -3.38. The number of hydrogen-bond donors (Lipinski definition) is 3. The number of carbonyl (C=O) groups is 8. The molecule has 0 spiro atoms. The fraction of sp³-hybridized carbons (Fsp3) is 0.657. The number of alkyl halides is 6. The van der Waals surface area contributed by atoms with Gasteiger partial charge in [0.25, 0.3) is 0 Å². The van der Waals surface area contributed by atoms with Crippen LogP contribution in [0.3, 0.4) is 0 Å². The van der Waals surface area contributed by atoms with Gasteiger partial charge in [0.05, 0.1) is 25.4 Å². The second-order valence-corrected chi connectivity index (χ2v) is 38.3. The van der Waals surface area contributed by atoms with Crippen LogP contribution < -0.4 is 10.6 Å². The summed E-state index contributed by atoms with van der Waals surface area (Å²) in [6, 6.07) is -3.19. The van der Waals surface area contributed by atoms with Crippen LogP contribution in [-0.2, 0) is 81.0 Å². The van der Waals surface area contributed by atoms with Gasteiger partial charge in [-0.25, -0.2) is 0 Å². The summed E-state index contributed by atoms with van der Waals surface area (Å²) in [7, 11) is 20.1. The Labute approximate surface area is 392 Å². The molecule has 2 amide bonds. The van der Waals surface area contributed by atoms with Crippen molar-refractivity contribution in [1.29, 1.82) is 0 Å². The van der Waals surface area contributed by atoms with Crippen molar-refractivity contribution in [3.05, 3.63) is 25.3 Å². The minimum absolute atomic E-state index is 0.0833. The summed E-state index contributed by atoms with van der Waals surface area (Å²) in [5.41, 5.74) is 0. The van der Waals surface area contributed by atoms with Gasteiger partial charge in [0, 0.05) is 41.5 Å². The first kappa shape index (κ1) is 64.7. The molecule has 31 heteroatoms. The Morgan fingerprint density at radius 3 is 1.23 bits per heavy atom. The van der Waals surface area contributed by atoms with Crippen LogP contribution in [0.1, 0.15) is 48.5 Å². The van der Waals surface area contributed by atoms with E-state index in [1.807, 2.05) is 0 Å². The minimum atomic E-state index is -5.27. The number of hydrogen-bond acceptors (Lipinski definition) is 18. The molecule has 10 atom stereocenters. The van der Waals surface area contributed by atoms with Gasteiger partial charge < -0.3 is 58.4 Å². The molecule has 2 saturated heterocycles. The van der Waals surface area contributed by atoms with Crippen molar-refractivity contribution in [1.82, 2.24) is 10.6 Å². The Morgan fingerprint density at radius 1 is 0.606 bits per heavy atom. The number of nitrogens with one attached hydrogen (secondary N) is 2. The van der Waals surface area contributed by atoms with Crippen molar-refractivity contribution in [3.63, 3.8) is 0 Å². The zero-order chi connectivity index (χ0) is 51.9. The summed E-state index contributed by atoms with van der Waals surface area (Å²) in [5.74, 6) is -9.60. The molecule has 0 aromatic carbocycles. The van der Waals surface area contributed by atoms with Crippen LogP contribution in [-0.4, -0.2) is 166 Å². The van der Waals surface area contributed by atoms with Crippen molar-refractivity contribution in [3.8, 4) is 0 Å². The fourth-order valence-corrected chi connectivity index (χ4v) is 5.15. The molecule has 2 aliphatic rings. The standard InChI is InChI=1S/C17H22F3NO9.C15H20F3NO8.C3H6O.4ClH.Sn/c1-5-6-26-15-12(21-16(25)17(18,19)20)14(29-10(4)24)13(28-9(3)23)11(30-15)7-27-8(2)22;1-6-11(19-14(23)15(16,17)18)13(27-9(4)22)12(26-8(3)21)10(25-6)5-24-7(2)20;1-2-3-4;;;;;/h5,11-15H,1,6-7H2,2-4H3,(H,21,25);6,10-13H,5H2,1-4H3,(H,19,23);2,4H,1,3H2;4*1H;/q;;;;;;;+4/p-4/t11-,12-,13-,14-,15+;6?,10-,11+,12-,13-;;;;;;/m11....../s1. The first-order chi connectivity index (χ1) is 30.1. The first-order valence-electron chi connectivity index (χ1n) is 18.3. The van der Waals surface area contributed by atoms with E-state index in [-0.39, 0.29) is 13.2 Å². The normalized spacial score (nSPS) is 24.7. The van der Waals surface area contributed by atoms with Crippen molar-refractivity contribution in [2.75, 3.05) is 26.4 Å². The summed E-state index contributed by atoms with van der Waals surface area (Å²) in [4.78, 5) is 91.0. The third kappa shape index (κ3) is 28.1. The topological polar surface area (TPSA) is 264 Å². The molecule has 2 heterocycles. The van der Waals surface area contributed by atoms with Gasteiger partial charge >= 0.3 is 110 Å². The Balaban J connectivity index is 0. The van der Waals surface area contributed by atoms with Gasteiger partial charge in [-0.15, -0.1) is 13.2 Å². The van der Waals surface area contributed by atoms with Crippen molar-refractivity contribution < 1.29 is 112 Å². The number of amides is 2. The molecular weight excluding hydrogens is 1110 g/mol. The van der Waals surface area contributed by atoms with Gasteiger partial charge in [-0.2, -0.15) is 26.3 Å². The van der Waals surface area contributed by atoms with Gasteiger partial charge in [-0.1, -0.05) is 12.2 Å². The fourth-order valence-electron chi connectivity index (χ4n) is 5.15. The molecule has 66 heavy (non-hydrogen) atoms. The molecular formula is C35H48Cl4F6N2O18Sn. The van der Waals surface area contributed by atoms with Crippen molar-refractivity contribution in [2.24, 2.45) is 0 Å². The van der Waals surface area contributed by atoms with Crippen LogP contribution in [0, 0.1) is 0 Å². The van der Waals surface area contributed by atoms with Gasteiger partial charge in [-0.3, -0.25) is 38.4 Å². The van der Waals surface area contributed by atoms with Crippen LogP contribution in [0.15, 0.2) is 25.3 Å². The summed E-state index contributed by atoms with van der Waals surface area (Å²) in [6.07, 6.45) is -18.9. The zero-order valence-corrected chi connectivity index (χ0v) is 41.7. The summed E-state index contributed by atoms with van der Waals surface area (Å²) in [6.45, 7) is 13.1. The molecule has 0 aromatic rings. The molecule has 20 nitrogen and oxygen atoms in total. The Kier molecular flexibility index (Phi) is 30.3. The molecule has 0 saturated carbocycles. The molecule has 0 radical (unpaired) electrons. The number of esters is 6. The van der Waals surface area contributed by atoms with Gasteiger partial charge in [0.2, 0.25) is 0 Å². The third-order valence-corrected chi connectivity index (χ3v) is 7.31. The quantitative estimate of drug-likeness (QED) is 0.0742. The van der Waals surface area contributed by atoms with Crippen molar-refractivity contribution in [2.45, 2.75) is 122 Å². The van der Waals surface area contributed by atoms with Crippen LogP contribution in [0.5, 0.6) is 0 Å². The van der Waals surface area contributed by atoms with Crippen LogP contribution in [0.25, 0.3) is 0 Å². The average molecular weight is 1160 g/mol. The second-order valence-electron chi connectivity index (χ2n) is 12.8. The van der Waals surface area contributed by atoms with E-state index in [1.54, 1.807) is 10.6 Å². The predicted octanol–water partition coefficient (Wildman–Crippen LogP) is 3.18. The van der Waals surface area contributed by atoms with E-state index >= 15 is 0 Å². The van der Waals surface area contributed by atoms with Crippen molar-refractivity contribution >= 4 is 97.2 Å². The van der Waals surface area contributed by atoms with Crippen LogP contribution in [0.2, 0.25) is 0 Å². The maximum absolute atomic E-state index is 12.8. The molecule has 0 aliphatic carbocycles. The third-order valence-electron chi connectivity index (χ3n) is 7.31. The van der Waals surface area contributed by atoms with E-state index in [0.717, 1.165) is 41.5 Å². The average Bonchev–Trinajstić information content (AvgIpc) is 3.14. The number of halogens is 10. The number of rotatable bonds is 14. The molecule has 3 N–H and O–H groups in total. The Morgan fingerprint density at radius 2 is 0.924 bits per heavy atom. The van der Waals surface area contributed by atoms with Gasteiger partial charge in [0.1, 0.15) is 31.5 Å². The first-order valence-corrected chi connectivity index (χ1v) is 32.8. The number of carbonyl (C=O) groups excluding carboxylic acids is 8. The van der Waals surface area contributed by atoms with E-state index in [4.69, 9.17) is 83.4 Å². The molecule has 2 rings (SSSR count). The number of aliphatic hydroxyl groups is 1. The van der Waals surface area contributed by atoms with E-state index in [2.05, 4.69) is 13.2 Å². The predicted molar refractivity (Wildman–Crippen MR) is 217 cm³/mol. The van der Waals surface area contributed by atoms with Crippen LogP contribution in [0.4, 0.5) is 26.3 Å². The zero-order valence-electron chi connectivity index (χ0n) is 35.8. The second kappa shape index (κ2) is 30.9. The summed E-state index contributed by atoms with van der Waals surface area (Å²) in [5, 5.41) is 11.1. The monoisotopic (exact) mass is 1160 g/mol. The van der Waals surface area contributed by atoms with E-state index in [0.29, 0.717) is 0 Å². The molecule has 2 fully saturated rings.